The second-order valence-electron chi connectivity index (χ2n) is 3.46. The summed E-state index contributed by atoms with van der Waals surface area (Å²) in [5.74, 6) is -0.155. The summed E-state index contributed by atoms with van der Waals surface area (Å²) in [4.78, 5) is 14.6. The van der Waals surface area contributed by atoms with Crippen LogP contribution in [-0.2, 0) is 0 Å². The first-order chi connectivity index (χ1) is 7.70. The highest BCUT2D eigenvalue weighted by atomic mass is 35.5. The largest absolute Gasteiger partial charge is 0.351 e. The van der Waals surface area contributed by atoms with E-state index in [0.29, 0.717) is 23.8 Å². The molecule has 1 aromatic carbocycles. The average molecular weight is 238 g/mol. The van der Waals surface area contributed by atoms with E-state index < -0.39 is 0 Å². The summed E-state index contributed by atoms with van der Waals surface area (Å²) in [6, 6.07) is 7.21. The molecular formula is C11H12ClN3O. The van der Waals surface area contributed by atoms with E-state index >= 15 is 0 Å². The standard InChI is InChI=1S/C11H12ClN3O/c12-8-1-2-9-7(5-8)6-10(15-9)11(16)14-4-3-13/h1-2,5-6,15H,3-4,13H2,(H,14,16). The van der Waals surface area contributed by atoms with Gasteiger partial charge in [-0.1, -0.05) is 11.6 Å². The molecule has 1 amide bonds. The number of rotatable bonds is 3. The van der Waals surface area contributed by atoms with Gasteiger partial charge in [-0.2, -0.15) is 0 Å². The van der Waals surface area contributed by atoms with Crippen molar-refractivity contribution in [2.24, 2.45) is 5.73 Å². The van der Waals surface area contributed by atoms with Crippen molar-refractivity contribution in [3.05, 3.63) is 35.0 Å². The molecule has 2 rings (SSSR count). The van der Waals surface area contributed by atoms with Gasteiger partial charge in [0.25, 0.3) is 5.91 Å². The van der Waals surface area contributed by atoms with E-state index in [1.165, 1.54) is 0 Å². The van der Waals surface area contributed by atoms with E-state index in [1.54, 1.807) is 12.1 Å². The third kappa shape index (κ3) is 2.18. The maximum Gasteiger partial charge on any atom is 0.267 e. The van der Waals surface area contributed by atoms with Gasteiger partial charge in [-0.15, -0.1) is 0 Å². The topological polar surface area (TPSA) is 70.9 Å². The third-order valence-corrected chi connectivity index (χ3v) is 2.49. The van der Waals surface area contributed by atoms with Crippen LogP contribution in [0.3, 0.4) is 0 Å². The van der Waals surface area contributed by atoms with Crippen molar-refractivity contribution in [2.75, 3.05) is 13.1 Å². The highest BCUT2D eigenvalue weighted by Crippen LogP contribution is 2.19. The molecular weight excluding hydrogens is 226 g/mol. The number of benzene rings is 1. The van der Waals surface area contributed by atoms with Crippen LogP contribution in [0.1, 0.15) is 10.5 Å². The Kier molecular flexibility index (Phi) is 3.12. The summed E-state index contributed by atoms with van der Waals surface area (Å²) in [6.07, 6.45) is 0. The zero-order valence-electron chi connectivity index (χ0n) is 8.59. The zero-order chi connectivity index (χ0) is 11.5. The van der Waals surface area contributed by atoms with Crippen LogP contribution in [0.2, 0.25) is 5.02 Å². The Morgan fingerprint density at radius 3 is 3.00 bits per heavy atom. The van der Waals surface area contributed by atoms with Gasteiger partial charge in [0.1, 0.15) is 5.69 Å². The van der Waals surface area contributed by atoms with Gasteiger partial charge in [0.2, 0.25) is 0 Å². The van der Waals surface area contributed by atoms with E-state index in [9.17, 15) is 4.79 Å². The Bertz CT molecular complexity index is 521. The summed E-state index contributed by atoms with van der Waals surface area (Å²) in [5.41, 5.74) is 6.72. The molecule has 0 aliphatic carbocycles. The molecule has 0 radical (unpaired) electrons. The van der Waals surface area contributed by atoms with Gasteiger partial charge in [0, 0.05) is 29.0 Å². The quantitative estimate of drug-likeness (QED) is 0.757. The summed E-state index contributed by atoms with van der Waals surface area (Å²) in [7, 11) is 0. The fourth-order valence-electron chi connectivity index (χ4n) is 1.51. The van der Waals surface area contributed by atoms with Crippen LogP contribution in [0, 0.1) is 0 Å². The van der Waals surface area contributed by atoms with Crippen molar-refractivity contribution in [3.8, 4) is 0 Å². The minimum atomic E-state index is -0.155. The van der Waals surface area contributed by atoms with Gasteiger partial charge in [-0.05, 0) is 24.3 Å². The summed E-state index contributed by atoms with van der Waals surface area (Å²) < 4.78 is 0. The van der Waals surface area contributed by atoms with Crippen LogP contribution in [0.4, 0.5) is 0 Å². The third-order valence-electron chi connectivity index (χ3n) is 2.26. The predicted molar refractivity (Wildman–Crippen MR) is 64.7 cm³/mol. The molecule has 16 heavy (non-hydrogen) atoms. The van der Waals surface area contributed by atoms with Gasteiger partial charge < -0.3 is 16.0 Å². The highest BCUT2D eigenvalue weighted by molar-refractivity contribution is 6.31. The van der Waals surface area contributed by atoms with Crippen molar-refractivity contribution in [1.29, 1.82) is 0 Å². The number of carbonyl (C=O) groups excluding carboxylic acids is 1. The number of aromatic amines is 1. The molecule has 84 valence electrons. The zero-order valence-corrected chi connectivity index (χ0v) is 9.34. The normalized spacial score (nSPS) is 10.6. The lowest BCUT2D eigenvalue weighted by Gasteiger charge is -1.99. The monoisotopic (exact) mass is 237 g/mol. The predicted octanol–water partition coefficient (Wildman–Crippen LogP) is 1.51. The second-order valence-corrected chi connectivity index (χ2v) is 3.90. The van der Waals surface area contributed by atoms with Gasteiger partial charge >= 0.3 is 0 Å². The number of nitrogens with two attached hydrogens (primary N) is 1. The van der Waals surface area contributed by atoms with Gasteiger partial charge in [-0.25, -0.2) is 0 Å². The Morgan fingerprint density at radius 2 is 2.25 bits per heavy atom. The second kappa shape index (κ2) is 4.55. The highest BCUT2D eigenvalue weighted by Gasteiger charge is 2.08. The maximum absolute atomic E-state index is 11.6. The molecule has 2 aromatic rings. The van der Waals surface area contributed by atoms with Gasteiger partial charge in [-0.3, -0.25) is 4.79 Å². The van der Waals surface area contributed by atoms with Crippen LogP contribution in [0.15, 0.2) is 24.3 Å². The minimum absolute atomic E-state index is 0.155. The molecule has 0 saturated heterocycles. The lowest BCUT2D eigenvalue weighted by Crippen LogP contribution is -2.29. The van der Waals surface area contributed by atoms with Crippen LogP contribution < -0.4 is 11.1 Å². The summed E-state index contributed by atoms with van der Waals surface area (Å²) in [6.45, 7) is 0.896. The number of fused-ring (bicyclic) bond motifs is 1. The van der Waals surface area contributed by atoms with Crippen LogP contribution in [-0.4, -0.2) is 24.0 Å². The van der Waals surface area contributed by atoms with Crippen LogP contribution in [0.25, 0.3) is 10.9 Å². The SMILES string of the molecule is NCCNC(=O)c1cc2cc(Cl)ccc2[nH]1. The van der Waals surface area contributed by atoms with E-state index in [-0.39, 0.29) is 5.91 Å². The van der Waals surface area contributed by atoms with Crippen molar-refractivity contribution in [2.45, 2.75) is 0 Å². The van der Waals surface area contributed by atoms with Crippen molar-refractivity contribution in [3.63, 3.8) is 0 Å². The lowest BCUT2D eigenvalue weighted by molar-refractivity contribution is 0.0950. The van der Waals surface area contributed by atoms with Crippen molar-refractivity contribution >= 4 is 28.4 Å². The average Bonchev–Trinajstić information content (AvgIpc) is 2.68. The molecule has 5 heteroatoms. The number of hydrogen-bond donors (Lipinski definition) is 3. The first kappa shape index (κ1) is 11.0. The molecule has 0 saturated carbocycles. The van der Waals surface area contributed by atoms with Crippen molar-refractivity contribution < 1.29 is 4.79 Å². The van der Waals surface area contributed by atoms with Crippen LogP contribution in [0.5, 0.6) is 0 Å². The Labute approximate surface area is 97.8 Å². The summed E-state index contributed by atoms with van der Waals surface area (Å²) in [5, 5.41) is 4.27. The molecule has 1 aromatic heterocycles. The van der Waals surface area contributed by atoms with Gasteiger partial charge in [0.05, 0.1) is 0 Å². The Hall–Kier alpha value is -1.52. The molecule has 4 N–H and O–H groups in total. The van der Waals surface area contributed by atoms with Gasteiger partial charge in [0.15, 0.2) is 0 Å². The van der Waals surface area contributed by atoms with Crippen LogP contribution >= 0.6 is 11.6 Å². The fraction of sp³-hybridized carbons (Fsp3) is 0.182. The molecule has 0 unspecified atom stereocenters. The fourth-order valence-corrected chi connectivity index (χ4v) is 1.69. The number of aromatic nitrogens is 1. The number of nitrogens with one attached hydrogen (secondary N) is 2. The lowest BCUT2D eigenvalue weighted by atomic mass is 10.2. The molecule has 0 fully saturated rings. The number of amides is 1. The molecule has 0 aliphatic rings. The molecule has 0 spiro atoms. The minimum Gasteiger partial charge on any atom is -0.351 e. The smallest absolute Gasteiger partial charge is 0.267 e. The number of H-pyrrole nitrogens is 1. The van der Waals surface area contributed by atoms with E-state index in [4.69, 9.17) is 17.3 Å². The number of halogens is 1. The Morgan fingerprint density at radius 1 is 1.44 bits per heavy atom. The molecule has 4 nitrogen and oxygen atoms in total. The molecule has 0 aliphatic heterocycles. The number of carbonyl (C=O) groups is 1. The first-order valence-corrected chi connectivity index (χ1v) is 5.35. The van der Waals surface area contributed by atoms with E-state index in [2.05, 4.69) is 10.3 Å². The van der Waals surface area contributed by atoms with E-state index in [0.717, 1.165) is 10.9 Å². The van der Waals surface area contributed by atoms with E-state index in [1.807, 2.05) is 12.1 Å². The maximum atomic E-state index is 11.6. The number of hydrogen-bond acceptors (Lipinski definition) is 2. The van der Waals surface area contributed by atoms with Crippen molar-refractivity contribution in [1.82, 2.24) is 10.3 Å². The Balaban J connectivity index is 2.28. The molecule has 0 bridgehead atoms. The summed E-state index contributed by atoms with van der Waals surface area (Å²) >= 11 is 5.86. The molecule has 0 atom stereocenters. The molecule has 1 heterocycles. The first-order valence-electron chi connectivity index (χ1n) is 4.97.